The molecule has 1 aliphatic heterocycles. The maximum Gasteiger partial charge on any atom is 0.317 e. The van der Waals surface area contributed by atoms with Crippen molar-refractivity contribution in [1.82, 2.24) is 15.2 Å². The van der Waals surface area contributed by atoms with E-state index in [-0.39, 0.29) is 11.4 Å². The third-order valence-corrected chi connectivity index (χ3v) is 5.97. The molecular weight excluding hydrogens is 368 g/mol. The molecule has 0 atom stereocenters. The molecule has 4 rings (SSSR count). The fourth-order valence-electron chi connectivity index (χ4n) is 3.92. The third-order valence-electron chi connectivity index (χ3n) is 5.97. The summed E-state index contributed by atoms with van der Waals surface area (Å²) in [5.74, 6) is 2.42. The lowest BCUT2D eigenvalue weighted by Gasteiger charge is -2.35. The first-order valence-corrected chi connectivity index (χ1v) is 10.1. The molecule has 0 radical (unpaired) electrons. The molecule has 1 aromatic carbocycles. The van der Waals surface area contributed by atoms with Gasteiger partial charge in [-0.15, -0.1) is 0 Å². The van der Waals surface area contributed by atoms with Crippen LogP contribution in [0.25, 0.3) is 0 Å². The fourth-order valence-corrected chi connectivity index (χ4v) is 3.92. The number of carbonyl (C=O) groups is 1. The van der Waals surface area contributed by atoms with Gasteiger partial charge in [0.1, 0.15) is 5.82 Å². The Hall–Kier alpha value is -2.96. The van der Waals surface area contributed by atoms with E-state index in [1.54, 1.807) is 20.4 Å². The van der Waals surface area contributed by atoms with Crippen LogP contribution in [0.15, 0.2) is 42.6 Å². The third kappa shape index (κ3) is 4.09. The molecule has 7 heteroatoms. The quantitative estimate of drug-likeness (QED) is 0.813. The summed E-state index contributed by atoms with van der Waals surface area (Å²) < 4.78 is 10.8. The normalized spacial score (nSPS) is 17.6. The van der Waals surface area contributed by atoms with E-state index in [9.17, 15) is 4.79 Å². The van der Waals surface area contributed by atoms with Gasteiger partial charge in [0, 0.05) is 44.3 Å². The minimum absolute atomic E-state index is 0.00495. The van der Waals surface area contributed by atoms with Crippen molar-refractivity contribution in [3.05, 3.63) is 48.2 Å². The van der Waals surface area contributed by atoms with Crippen molar-refractivity contribution in [3.8, 4) is 11.5 Å². The van der Waals surface area contributed by atoms with E-state index in [2.05, 4.69) is 21.3 Å². The van der Waals surface area contributed by atoms with Gasteiger partial charge in [-0.3, -0.25) is 0 Å². The molecule has 0 spiro atoms. The van der Waals surface area contributed by atoms with Crippen LogP contribution in [-0.2, 0) is 5.41 Å². The van der Waals surface area contributed by atoms with Gasteiger partial charge in [-0.1, -0.05) is 12.1 Å². The number of urea groups is 1. The standard InChI is InChI=1S/C22H28N4O3/c1-28-18-7-6-17(15-19(18)29-2)22(8-9-22)16-24-21(27)26-13-11-25(12-14-26)20-5-3-4-10-23-20/h3-7,10,15H,8-9,11-14,16H2,1-2H3,(H,24,27). The van der Waals surface area contributed by atoms with E-state index < -0.39 is 0 Å². The van der Waals surface area contributed by atoms with Gasteiger partial charge >= 0.3 is 6.03 Å². The maximum absolute atomic E-state index is 12.7. The molecule has 1 saturated heterocycles. The zero-order valence-corrected chi connectivity index (χ0v) is 17.1. The molecule has 2 aliphatic rings. The van der Waals surface area contributed by atoms with E-state index in [0.717, 1.165) is 43.2 Å². The minimum atomic E-state index is 0.00495. The highest BCUT2D eigenvalue weighted by atomic mass is 16.5. The predicted molar refractivity (Wildman–Crippen MR) is 112 cm³/mol. The van der Waals surface area contributed by atoms with Gasteiger partial charge in [-0.05, 0) is 42.7 Å². The van der Waals surface area contributed by atoms with E-state index in [1.165, 1.54) is 5.56 Å². The molecule has 0 unspecified atom stereocenters. The summed E-state index contributed by atoms with van der Waals surface area (Å²) in [7, 11) is 3.28. The second-order valence-corrected chi connectivity index (χ2v) is 7.67. The van der Waals surface area contributed by atoms with Crippen LogP contribution < -0.4 is 19.7 Å². The Balaban J connectivity index is 1.32. The molecule has 2 amide bonds. The van der Waals surface area contributed by atoms with Gasteiger partial charge in [-0.25, -0.2) is 9.78 Å². The van der Waals surface area contributed by atoms with Crippen molar-refractivity contribution in [2.45, 2.75) is 18.3 Å². The lowest BCUT2D eigenvalue weighted by Crippen LogP contribution is -2.52. The number of amides is 2. The smallest absolute Gasteiger partial charge is 0.317 e. The Morgan fingerprint density at radius 1 is 1.07 bits per heavy atom. The van der Waals surface area contributed by atoms with E-state index in [0.29, 0.717) is 19.6 Å². The second kappa shape index (κ2) is 8.19. The van der Waals surface area contributed by atoms with Crippen molar-refractivity contribution in [2.24, 2.45) is 0 Å². The first-order chi connectivity index (χ1) is 14.1. The number of pyridine rings is 1. The Bertz CT molecular complexity index is 846. The molecule has 0 bridgehead atoms. The van der Waals surface area contributed by atoms with Crippen LogP contribution in [0.5, 0.6) is 11.5 Å². The van der Waals surface area contributed by atoms with Gasteiger partial charge in [0.25, 0.3) is 0 Å². The number of methoxy groups -OCH3 is 2. The maximum atomic E-state index is 12.7. The first kappa shape index (κ1) is 19.4. The number of anilines is 1. The number of piperazine rings is 1. The summed E-state index contributed by atoms with van der Waals surface area (Å²) in [6.45, 7) is 3.63. The number of ether oxygens (including phenoxy) is 2. The zero-order valence-electron chi connectivity index (χ0n) is 17.1. The molecule has 1 aromatic heterocycles. The van der Waals surface area contributed by atoms with Crippen molar-refractivity contribution >= 4 is 11.8 Å². The average molecular weight is 396 g/mol. The number of benzene rings is 1. The first-order valence-electron chi connectivity index (χ1n) is 10.1. The van der Waals surface area contributed by atoms with Crippen LogP contribution in [0.3, 0.4) is 0 Å². The number of aromatic nitrogens is 1. The average Bonchev–Trinajstić information content (AvgIpc) is 3.59. The highest BCUT2D eigenvalue weighted by Gasteiger charge is 2.45. The number of hydrogen-bond donors (Lipinski definition) is 1. The lowest BCUT2D eigenvalue weighted by atomic mass is 9.95. The van der Waals surface area contributed by atoms with Gasteiger partial charge in [0.15, 0.2) is 11.5 Å². The zero-order chi connectivity index (χ0) is 20.3. The van der Waals surface area contributed by atoms with Crippen LogP contribution in [0.4, 0.5) is 10.6 Å². The molecule has 154 valence electrons. The van der Waals surface area contributed by atoms with Gasteiger partial charge in [0.05, 0.1) is 14.2 Å². The van der Waals surface area contributed by atoms with Gasteiger partial charge in [-0.2, -0.15) is 0 Å². The highest BCUT2D eigenvalue weighted by Crippen LogP contribution is 2.49. The molecule has 2 heterocycles. The molecular formula is C22H28N4O3. The van der Waals surface area contributed by atoms with Crippen LogP contribution in [0.1, 0.15) is 18.4 Å². The molecule has 2 fully saturated rings. The van der Waals surface area contributed by atoms with Crippen molar-refractivity contribution in [1.29, 1.82) is 0 Å². The molecule has 2 aromatic rings. The number of rotatable bonds is 6. The summed E-state index contributed by atoms with van der Waals surface area (Å²) >= 11 is 0. The van der Waals surface area contributed by atoms with E-state index in [4.69, 9.17) is 9.47 Å². The Morgan fingerprint density at radius 3 is 2.45 bits per heavy atom. The van der Waals surface area contributed by atoms with Crippen LogP contribution >= 0.6 is 0 Å². The summed E-state index contributed by atoms with van der Waals surface area (Å²) in [5, 5.41) is 3.16. The highest BCUT2D eigenvalue weighted by molar-refractivity contribution is 5.74. The summed E-state index contributed by atoms with van der Waals surface area (Å²) in [4.78, 5) is 21.2. The van der Waals surface area contributed by atoms with Gasteiger partial charge in [0.2, 0.25) is 0 Å². The van der Waals surface area contributed by atoms with E-state index in [1.807, 2.05) is 35.2 Å². The number of nitrogens with one attached hydrogen (secondary N) is 1. The van der Waals surface area contributed by atoms with Crippen LogP contribution in [-0.4, -0.2) is 62.9 Å². The van der Waals surface area contributed by atoms with Gasteiger partial charge < -0.3 is 24.6 Å². The Kier molecular flexibility index (Phi) is 5.47. The van der Waals surface area contributed by atoms with Crippen LogP contribution in [0.2, 0.25) is 0 Å². The summed E-state index contributed by atoms with van der Waals surface area (Å²) in [6, 6.07) is 12.0. The predicted octanol–water partition coefficient (Wildman–Crippen LogP) is 2.66. The van der Waals surface area contributed by atoms with Crippen molar-refractivity contribution < 1.29 is 14.3 Å². The SMILES string of the molecule is COc1ccc(C2(CNC(=O)N3CCN(c4ccccn4)CC3)CC2)cc1OC. The second-order valence-electron chi connectivity index (χ2n) is 7.67. The molecule has 7 nitrogen and oxygen atoms in total. The largest absolute Gasteiger partial charge is 0.493 e. The monoisotopic (exact) mass is 396 g/mol. The molecule has 29 heavy (non-hydrogen) atoms. The molecule has 1 aliphatic carbocycles. The van der Waals surface area contributed by atoms with Crippen molar-refractivity contribution in [3.63, 3.8) is 0 Å². The van der Waals surface area contributed by atoms with Crippen molar-refractivity contribution in [2.75, 3.05) is 51.8 Å². The molecule has 1 saturated carbocycles. The lowest BCUT2D eigenvalue weighted by molar-refractivity contribution is 0.193. The topological polar surface area (TPSA) is 66.9 Å². The van der Waals surface area contributed by atoms with Crippen LogP contribution in [0, 0.1) is 0 Å². The number of nitrogens with zero attached hydrogens (tertiary/aromatic N) is 3. The summed E-state index contributed by atoms with van der Waals surface area (Å²) in [6.07, 6.45) is 3.93. The Labute approximate surface area is 171 Å². The minimum Gasteiger partial charge on any atom is -0.493 e. The number of hydrogen-bond acceptors (Lipinski definition) is 5. The summed E-state index contributed by atoms with van der Waals surface area (Å²) in [5.41, 5.74) is 1.20. The molecule has 1 N–H and O–H groups in total. The van der Waals surface area contributed by atoms with E-state index >= 15 is 0 Å². The Morgan fingerprint density at radius 2 is 1.83 bits per heavy atom. The number of carbonyl (C=O) groups excluding carboxylic acids is 1. The fraction of sp³-hybridized carbons (Fsp3) is 0.455.